The number of hydrogen-bond acceptors (Lipinski definition) is 7. The van der Waals surface area contributed by atoms with Crippen LogP contribution in [0.5, 0.6) is 0 Å². The van der Waals surface area contributed by atoms with E-state index in [0.717, 1.165) is 55.9 Å². The van der Waals surface area contributed by atoms with E-state index in [0.29, 0.717) is 29.0 Å². The van der Waals surface area contributed by atoms with Crippen LogP contribution in [0.1, 0.15) is 92.9 Å². The molecule has 315 valence electrons. The second-order valence-electron chi connectivity index (χ2n) is 16.9. The van der Waals surface area contributed by atoms with Crippen molar-refractivity contribution in [2.75, 3.05) is 0 Å². The van der Waals surface area contributed by atoms with E-state index in [9.17, 15) is 9.18 Å². The van der Waals surface area contributed by atoms with Gasteiger partial charge >= 0.3 is 0 Å². The predicted octanol–water partition coefficient (Wildman–Crippen LogP) is 12.5. The third kappa shape index (κ3) is 8.43. The minimum absolute atomic E-state index is 0. The van der Waals surface area contributed by atoms with Gasteiger partial charge in [-0.25, -0.2) is 0 Å². The van der Waals surface area contributed by atoms with E-state index < -0.39 is 11.8 Å². The fourth-order valence-electron chi connectivity index (χ4n) is 7.61. The molecule has 0 bridgehead atoms. The molecule has 0 spiro atoms. The van der Waals surface area contributed by atoms with Crippen molar-refractivity contribution in [1.82, 2.24) is 29.9 Å². The standard InChI is InChI=1S/C35H30N5O.C16H15FNO2.Ir/c1-20(2)25-11-7-12-26(21(3)4)32(25)40-30-19-36-39-38-34(30)37-35(40)29-14-8-13-28-27-16-15-24(18-31(27)41-33(28)29)23-10-6-9-22(5)17-23;1-16(2,3)11-5-7-14(18-9-11)12-6-4-10(15(19)20)8-13(12)17;/h6-13,15-21H,1-5H3;4-5,7-9H,1-3H3,(H,19,20);/q2*-1;. The number of imidazole rings is 1. The molecule has 9 rings (SSSR count). The number of benzene rings is 5. The van der Waals surface area contributed by atoms with E-state index in [1.165, 1.54) is 28.3 Å². The molecular formula is C51H45FIrN6O3-2. The van der Waals surface area contributed by atoms with E-state index in [2.05, 4.69) is 159 Å². The molecule has 0 aliphatic carbocycles. The van der Waals surface area contributed by atoms with E-state index in [1.54, 1.807) is 18.5 Å². The molecule has 9 nitrogen and oxygen atoms in total. The molecule has 0 amide bonds. The predicted molar refractivity (Wildman–Crippen MR) is 238 cm³/mol. The van der Waals surface area contributed by atoms with E-state index >= 15 is 0 Å². The molecule has 0 saturated heterocycles. The Kier molecular flexibility index (Phi) is 12.3. The maximum Gasteiger partial charge on any atom is 0.292 e. The molecule has 4 aromatic heterocycles. The molecule has 4 heterocycles. The minimum Gasteiger partial charge on any atom is -0.501 e. The van der Waals surface area contributed by atoms with Crippen LogP contribution in [0, 0.1) is 24.9 Å². The number of carboxylic acid groups (broad SMARTS) is 1. The van der Waals surface area contributed by atoms with Gasteiger partial charge in [-0.3, -0.25) is 14.2 Å². The molecule has 5 aromatic carbocycles. The van der Waals surface area contributed by atoms with Gasteiger partial charge in [0.1, 0.15) is 11.1 Å². The number of carbonyl (C=O) groups is 1. The van der Waals surface area contributed by atoms with Crippen molar-refractivity contribution in [3.05, 3.63) is 155 Å². The van der Waals surface area contributed by atoms with Crippen molar-refractivity contribution in [3.8, 4) is 39.5 Å². The average molecular weight is 1000 g/mol. The summed E-state index contributed by atoms with van der Waals surface area (Å²) in [5, 5.41) is 23.2. The third-order valence-electron chi connectivity index (χ3n) is 10.9. The first-order valence-electron chi connectivity index (χ1n) is 20.3. The van der Waals surface area contributed by atoms with Crippen LogP contribution in [0.2, 0.25) is 0 Å². The number of fused-ring (bicyclic) bond motifs is 4. The van der Waals surface area contributed by atoms with Gasteiger partial charge in [-0.1, -0.05) is 143 Å². The molecule has 62 heavy (non-hydrogen) atoms. The zero-order chi connectivity index (χ0) is 43.2. The number of hydrogen-bond donors (Lipinski definition) is 1. The molecule has 0 aliphatic rings. The number of furan rings is 1. The van der Waals surface area contributed by atoms with E-state index in [-0.39, 0.29) is 36.6 Å². The summed E-state index contributed by atoms with van der Waals surface area (Å²) in [4.78, 5) is 20.0. The van der Waals surface area contributed by atoms with Crippen molar-refractivity contribution >= 4 is 39.1 Å². The molecule has 1 N–H and O–H groups in total. The van der Waals surface area contributed by atoms with Gasteiger partial charge in [-0.2, -0.15) is 0 Å². The van der Waals surface area contributed by atoms with E-state index in [1.807, 2.05) is 12.1 Å². The fraction of sp³-hybridized carbons (Fsp3) is 0.216. The van der Waals surface area contributed by atoms with Crippen molar-refractivity contribution in [1.29, 1.82) is 0 Å². The van der Waals surface area contributed by atoms with Crippen LogP contribution in [0.25, 0.3) is 72.6 Å². The van der Waals surface area contributed by atoms with Crippen LogP contribution in [-0.4, -0.2) is 41.0 Å². The van der Waals surface area contributed by atoms with Crippen LogP contribution in [0.4, 0.5) is 4.39 Å². The molecule has 9 aromatic rings. The van der Waals surface area contributed by atoms with Crippen LogP contribution in [0.3, 0.4) is 0 Å². The number of pyridine rings is 1. The number of halogens is 1. The first-order chi connectivity index (χ1) is 29.2. The number of para-hydroxylation sites is 1. The third-order valence-corrected chi connectivity index (χ3v) is 10.9. The smallest absolute Gasteiger partial charge is 0.292 e. The normalized spacial score (nSPS) is 11.6. The van der Waals surface area contributed by atoms with Crippen LogP contribution >= 0.6 is 0 Å². The van der Waals surface area contributed by atoms with E-state index in [4.69, 9.17) is 14.5 Å². The molecular weight excluding hydrogens is 956 g/mol. The number of rotatable bonds is 7. The van der Waals surface area contributed by atoms with Gasteiger partial charge in [0.2, 0.25) is 0 Å². The van der Waals surface area contributed by atoms with Crippen molar-refractivity contribution in [2.45, 2.75) is 72.6 Å². The SMILES string of the molecule is CC(C)(C)c1ccc(-c2[c-]cc(C(=O)O)cc2F)nc1.Cc1cccc(-c2ccc3c(c2)oc2c(-c4nc5nnncc5n4-c4c(C(C)C)cccc4C(C)C)[c-]ccc23)c1.[Ir]. The summed E-state index contributed by atoms with van der Waals surface area (Å²) in [7, 11) is 0. The fourth-order valence-corrected chi connectivity index (χ4v) is 7.61. The summed E-state index contributed by atoms with van der Waals surface area (Å²) in [5.74, 6) is -0.518. The molecule has 11 heteroatoms. The molecule has 0 atom stereocenters. The summed E-state index contributed by atoms with van der Waals surface area (Å²) >= 11 is 0. The summed E-state index contributed by atoms with van der Waals surface area (Å²) < 4.78 is 22.7. The van der Waals surface area contributed by atoms with Gasteiger partial charge in [-0.15, -0.1) is 40.5 Å². The Bertz CT molecular complexity index is 3070. The quantitative estimate of drug-likeness (QED) is 0.157. The van der Waals surface area contributed by atoms with Gasteiger partial charge in [-0.05, 0) is 74.5 Å². The number of aryl methyl sites for hydroxylation is 1. The zero-order valence-electron chi connectivity index (χ0n) is 35.7. The van der Waals surface area contributed by atoms with Gasteiger partial charge in [0.05, 0.1) is 17.6 Å². The zero-order valence-corrected chi connectivity index (χ0v) is 38.1. The largest absolute Gasteiger partial charge is 0.501 e. The monoisotopic (exact) mass is 1000 g/mol. The van der Waals surface area contributed by atoms with Gasteiger partial charge in [0.25, 0.3) is 5.97 Å². The Morgan fingerprint density at radius 3 is 2.21 bits per heavy atom. The Balaban J connectivity index is 0.000000233. The first kappa shape index (κ1) is 43.7. The minimum atomic E-state index is -1.18. The second kappa shape index (κ2) is 17.5. The Morgan fingerprint density at radius 1 is 0.839 bits per heavy atom. The summed E-state index contributed by atoms with van der Waals surface area (Å²) in [6.45, 7) is 17.2. The Morgan fingerprint density at radius 2 is 1.56 bits per heavy atom. The summed E-state index contributed by atoms with van der Waals surface area (Å²) in [6, 6.07) is 37.4. The summed E-state index contributed by atoms with van der Waals surface area (Å²) in [5.41, 5.74) is 12.3. The molecule has 0 unspecified atom stereocenters. The number of aromatic carboxylic acids is 1. The van der Waals surface area contributed by atoms with Crippen molar-refractivity contribution in [3.63, 3.8) is 0 Å². The van der Waals surface area contributed by atoms with Crippen LogP contribution in [-0.2, 0) is 25.5 Å². The van der Waals surface area contributed by atoms with Gasteiger partial charge in [0, 0.05) is 43.2 Å². The number of nitrogens with zero attached hydrogens (tertiary/aromatic N) is 6. The van der Waals surface area contributed by atoms with Crippen LogP contribution in [0.15, 0.2) is 114 Å². The van der Waals surface area contributed by atoms with Crippen LogP contribution < -0.4 is 0 Å². The molecule has 1 radical (unpaired) electrons. The second-order valence-corrected chi connectivity index (χ2v) is 16.9. The van der Waals surface area contributed by atoms with Crippen molar-refractivity contribution in [2.24, 2.45) is 0 Å². The number of carboxylic acids is 1. The molecule has 0 fully saturated rings. The first-order valence-corrected chi connectivity index (χ1v) is 20.3. The molecule has 0 saturated carbocycles. The van der Waals surface area contributed by atoms with Gasteiger partial charge < -0.3 is 19.1 Å². The van der Waals surface area contributed by atoms with Gasteiger partial charge in [0.15, 0.2) is 5.65 Å². The Hall–Kier alpha value is -6.42. The summed E-state index contributed by atoms with van der Waals surface area (Å²) in [6.07, 6.45) is 3.45. The molecule has 0 aliphatic heterocycles. The maximum atomic E-state index is 13.9. The topological polar surface area (TPSA) is 120 Å². The van der Waals surface area contributed by atoms with Crippen molar-refractivity contribution < 1.29 is 38.8 Å². The Labute approximate surface area is 373 Å². The maximum absolute atomic E-state index is 13.9. The average Bonchev–Trinajstić information content (AvgIpc) is 3.81. The number of aromatic nitrogens is 6.